The fourth-order valence-corrected chi connectivity index (χ4v) is 2.58. The lowest BCUT2D eigenvalue weighted by atomic mass is 9.71. The summed E-state index contributed by atoms with van der Waals surface area (Å²) in [5, 5.41) is 3.70. The highest BCUT2D eigenvalue weighted by Gasteiger charge is 2.40. The molecule has 0 aliphatic heterocycles. The Bertz CT molecular complexity index is 224. The topological polar surface area (TPSA) is 12.0 Å². The smallest absolute Gasteiger partial charge is 0.0136 e. The summed E-state index contributed by atoms with van der Waals surface area (Å²) in [5.41, 5.74) is 0.474. The first kappa shape index (κ1) is 10.2. The normalized spacial score (nSPS) is 35.5. The third kappa shape index (κ3) is 2.20. The zero-order valence-electron chi connectivity index (χ0n) is 9.72. The van der Waals surface area contributed by atoms with Gasteiger partial charge < -0.3 is 5.32 Å². The van der Waals surface area contributed by atoms with Crippen molar-refractivity contribution in [3.63, 3.8) is 0 Å². The van der Waals surface area contributed by atoms with Crippen molar-refractivity contribution in [2.75, 3.05) is 6.54 Å². The van der Waals surface area contributed by atoms with Crippen LogP contribution in [-0.4, -0.2) is 12.6 Å². The van der Waals surface area contributed by atoms with E-state index in [4.69, 9.17) is 0 Å². The van der Waals surface area contributed by atoms with E-state index in [0.717, 1.165) is 17.9 Å². The molecule has 0 aromatic rings. The molecule has 14 heavy (non-hydrogen) atoms. The molecule has 3 unspecified atom stereocenters. The molecule has 2 aliphatic carbocycles. The summed E-state index contributed by atoms with van der Waals surface area (Å²) < 4.78 is 0. The van der Waals surface area contributed by atoms with E-state index < -0.39 is 0 Å². The minimum atomic E-state index is 0.474. The van der Waals surface area contributed by atoms with Crippen LogP contribution in [0, 0.1) is 17.3 Å². The van der Waals surface area contributed by atoms with Crippen molar-refractivity contribution < 1.29 is 0 Å². The van der Waals surface area contributed by atoms with Gasteiger partial charge in [0.05, 0.1) is 0 Å². The van der Waals surface area contributed by atoms with Gasteiger partial charge >= 0.3 is 0 Å². The van der Waals surface area contributed by atoms with Crippen LogP contribution in [0.3, 0.4) is 0 Å². The summed E-state index contributed by atoms with van der Waals surface area (Å²) in [5.74, 6) is 1.86. The maximum Gasteiger partial charge on any atom is 0.0136 e. The maximum atomic E-state index is 3.70. The molecular formula is C13H23N. The molecule has 0 amide bonds. The molecule has 0 radical (unpaired) electrons. The number of fused-ring (bicyclic) bond motifs is 1. The van der Waals surface area contributed by atoms with Crippen LogP contribution in [0.2, 0.25) is 0 Å². The fraction of sp³-hybridized carbons (Fsp3) is 0.846. The number of nitrogens with one attached hydrogen (secondary N) is 1. The van der Waals surface area contributed by atoms with Crippen molar-refractivity contribution in [3.8, 4) is 0 Å². The number of allylic oxidation sites excluding steroid dienone is 1. The Kier molecular flexibility index (Phi) is 2.70. The molecule has 1 N–H and O–H groups in total. The standard InChI is InChI=1S/C13H23N/c1-13(2,3)7-8-14-12-9-10-5-4-6-11(10)12/h4,6,10-12,14H,5,7-9H2,1-3H3. The van der Waals surface area contributed by atoms with Gasteiger partial charge in [-0.15, -0.1) is 0 Å². The van der Waals surface area contributed by atoms with E-state index in [9.17, 15) is 0 Å². The third-order valence-corrected chi connectivity index (χ3v) is 3.64. The average molecular weight is 193 g/mol. The van der Waals surface area contributed by atoms with Gasteiger partial charge in [0, 0.05) is 6.04 Å². The zero-order valence-corrected chi connectivity index (χ0v) is 9.72. The van der Waals surface area contributed by atoms with Gasteiger partial charge in [-0.25, -0.2) is 0 Å². The van der Waals surface area contributed by atoms with E-state index in [-0.39, 0.29) is 0 Å². The molecule has 1 fully saturated rings. The summed E-state index contributed by atoms with van der Waals surface area (Å²) in [6, 6.07) is 0.793. The first-order valence-electron chi connectivity index (χ1n) is 5.96. The summed E-state index contributed by atoms with van der Waals surface area (Å²) in [4.78, 5) is 0. The molecule has 0 aromatic heterocycles. The first-order valence-corrected chi connectivity index (χ1v) is 5.96. The highest BCUT2D eigenvalue weighted by atomic mass is 14.9. The van der Waals surface area contributed by atoms with Crippen molar-refractivity contribution in [2.45, 2.75) is 46.1 Å². The first-order chi connectivity index (χ1) is 6.56. The van der Waals surface area contributed by atoms with E-state index in [1.54, 1.807) is 0 Å². The van der Waals surface area contributed by atoms with Crippen molar-refractivity contribution in [1.29, 1.82) is 0 Å². The summed E-state index contributed by atoms with van der Waals surface area (Å²) in [6.07, 6.45) is 8.80. The molecule has 1 saturated carbocycles. The molecule has 0 saturated heterocycles. The second-order valence-corrected chi connectivity index (χ2v) is 6.11. The van der Waals surface area contributed by atoms with Gasteiger partial charge in [0.15, 0.2) is 0 Å². The summed E-state index contributed by atoms with van der Waals surface area (Å²) in [7, 11) is 0. The molecule has 1 heteroatoms. The predicted molar refractivity (Wildman–Crippen MR) is 61.2 cm³/mol. The Balaban J connectivity index is 1.66. The summed E-state index contributed by atoms with van der Waals surface area (Å²) in [6.45, 7) is 8.13. The van der Waals surface area contributed by atoms with Crippen LogP contribution in [0.15, 0.2) is 12.2 Å². The quantitative estimate of drug-likeness (QED) is 0.679. The average Bonchev–Trinajstić information content (AvgIpc) is 2.39. The molecule has 3 atom stereocenters. The Morgan fingerprint density at radius 2 is 2.14 bits per heavy atom. The third-order valence-electron chi connectivity index (χ3n) is 3.64. The van der Waals surface area contributed by atoms with Crippen LogP contribution < -0.4 is 5.32 Å². The second kappa shape index (κ2) is 3.69. The van der Waals surface area contributed by atoms with Gasteiger partial charge in [-0.05, 0) is 43.1 Å². The van der Waals surface area contributed by atoms with Gasteiger partial charge in [0.1, 0.15) is 0 Å². The van der Waals surface area contributed by atoms with E-state index in [1.807, 2.05) is 0 Å². The van der Waals surface area contributed by atoms with E-state index in [0.29, 0.717) is 5.41 Å². The fourth-order valence-electron chi connectivity index (χ4n) is 2.58. The van der Waals surface area contributed by atoms with Crippen molar-refractivity contribution in [3.05, 3.63) is 12.2 Å². The van der Waals surface area contributed by atoms with Gasteiger partial charge in [0.25, 0.3) is 0 Å². The molecule has 0 spiro atoms. The Hall–Kier alpha value is -0.300. The van der Waals surface area contributed by atoms with Crippen LogP contribution in [0.4, 0.5) is 0 Å². The van der Waals surface area contributed by atoms with E-state index in [1.165, 1.54) is 25.8 Å². The van der Waals surface area contributed by atoms with Crippen LogP contribution in [0.1, 0.15) is 40.0 Å². The minimum absolute atomic E-state index is 0.474. The molecule has 1 nitrogen and oxygen atoms in total. The molecule has 0 bridgehead atoms. The largest absolute Gasteiger partial charge is 0.313 e. The molecule has 80 valence electrons. The number of hydrogen-bond acceptors (Lipinski definition) is 1. The monoisotopic (exact) mass is 193 g/mol. The number of hydrogen-bond donors (Lipinski definition) is 1. The molecular weight excluding hydrogens is 170 g/mol. The minimum Gasteiger partial charge on any atom is -0.313 e. The molecule has 2 aliphatic rings. The molecule has 0 aromatic carbocycles. The lowest BCUT2D eigenvalue weighted by molar-refractivity contribution is 0.159. The Morgan fingerprint density at radius 3 is 2.79 bits per heavy atom. The van der Waals surface area contributed by atoms with Gasteiger partial charge in [-0.2, -0.15) is 0 Å². The van der Waals surface area contributed by atoms with Crippen LogP contribution >= 0.6 is 0 Å². The lowest BCUT2D eigenvalue weighted by Gasteiger charge is -2.41. The Morgan fingerprint density at radius 1 is 1.36 bits per heavy atom. The molecule has 2 rings (SSSR count). The van der Waals surface area contributed by atoms with Gasteiger partial charge in [-0.3, -0.25) is 0 Å². The summed E-state index contributed by atoms with van der Waals surface area (Å²) >= 11 is 0. The SMILES string of the molecule is CC(C)(C)CCNC1CC2CC=CC21. The highest BCUT2D eigenvalue weighted by molar-refractivity contribution is 5.12. The van der Waals surface area contributed by atoms with Crippen LogP contribution in [0.5, 0.6) is 0 Å². The zero-order chi connectivity index (χ0) is 10.2. The van der Waals surface area contributed by atoms with E-state index >= 15 is 0 Å². The highest BCUT2D eigenvalue weighted by Crippen LogP contribution is 2.42. The predicted octanol–water partition coefficient (Wildman–Crippen LogP) is 2.98. The lowest BCUT2D eigenvalue weighted by Crippen LogP contribution is -2.48. The van der Waals surface area contributed by atoms with Crippen molar-refractivity contribution in [2.24, 2.45) is 17.3 Å². The van der Waals surface area contributed by atoms with Crippen LogP contribution in [-0.2, 0) is 0 Å². The van der Waals surface area contributed by atoms with Crippen molar-refractivity contribution in [1.82, 2.24) is 5.32 Å². The van der Waals surface area contributed by atoms with Gasteiger partial charge in [0.2, 0.25) is 0 Å². The maximum absolute atomic E-state index is 3.70. The van der Waals surface area contributed by atoms with Gasteiger partial charge in [-0.1, -0.05) is 32.9 Å². The second-order valence-electron chi connectivity index (χ2n) is 6.11. The number of rotatable bonds is 3. The van der Waals surface area contributed by atoms with Crippen LogP contribution in [0.25, 0.3) is 0 Å². The van der Waals surface area contributed by atoms with Crippen molar-refractivity contribution >= 4 is 0 Å². The van der Waals surface area contributed by atoms with E-state index in [2.05, 4.69) is 38.2 Å². The molecule has 0 heterocycles. The Labute approximate surface area is 88.0 Å².